The largest absolute Gasteiger partial charge is 0.465 e. The van der Waals surface area contributed by atoms with E-state index >= 15 is 0 Å². The van der Waals surface area contributed by atoms with E-state index in [1.807, 2.05) is 13.8 Å². The van der Waals surface area contributed by atoms with Crippen LogP contribution >= 0.6 is 11.6 Å². The van der Waals surface area contributed by atoms with Gasteiger partial charge < -0.3 is 4.74 Å². The lowest BCUT2D eigenvalue weighted by molar-refractivity contribution is 0.0600. The third kappa shape index (κ3) is 3.94. The molecule has 112 valence electrons. The average molecular weight is 320 g/mol. The van der Waals surface area contributed by atoms with E-state index in [2.05, 4.69) is 9.46 Å². The molecule has 0 saturated heterocycles. The number of hydrogen-bond donors (Lipinski definition) is 1. The van der Waals surface area contributed by atoms with Gasteiger partial charge in [-0.2, -0.15) is 0 Å². The van der Waals surface area contributed by atoms with E-state index in [4.69, 9.17) is 11.6 Å². The number of carbonyl (C=O) groups is 1. The summed E-state index contributed by atoms with van der Waals surface area (Å²) in [6.45, 7) is 5.60. The summed E-state index contributed by atoms with van der Waals surface area (Å²) in [5.41, 5.74) is 0.0224. The highest BCUT2D eigenvalue weighted by molar-refractivity contribution is 7.89. The maximum atomic E-state index is 12.2. The summed E-state index contributed by atoms with van der Waals surface area (Å²) in [6.07, 6.45) is 0. The van der Waals surface area contributed by atoms with Crippen molar-refractivity contribution >= 4 is 27.6 Å². The molecule has 1 aromatic carbocycles. The second-order valence-corrected chi connectivity index (χ2v) is 6.91. The number of hydrogen-bond acceptors (Lipinski definition) is 4. The fraction of sp³-hybridized carbons (Fsp3) is 0.462. The van der Waals surface area contributed by atoms with Crippen molar-refractivity contribution in [1.82, 2.24) is 4.72 Å². The Morgan fingerprint density at radius 2 is 1.90 bits per heavy atom. The van der Waals surface area contributed by atoms with Gasteiger partial charge in [0.1, 0.15) is 0 Å². The van der Waals surface area contributed by atoms with Crippen LogP contribution in [0.15, 0.2) is 23.1 Å². The van der Waals surface area contributed by atoms with Gasteiger partial charge in [0, 0.05) is 6.04 Å². The summed E-state index contributed by atoms with van der Waals surface area (Å²) in [5, 5.41) is 0.146. The SMILES string of the molecule is COC(=O)c1cc(S(=O)(=O)N[C@H](C)C(C)C)ccc1Cl. The number of ether oxygens (including phenoxy) is 1. The number of esters is 1. The number of benzene rings is 1. The lowest BCUT2D eigenvalue weighted by Gasteiger charge is -2.17. The lowest BCUT2D eigenvalue weighted by atomic mass is 10.1. The Morgan fingerprint density at radius 1 is 1.30 bits per heavy atom. The number of nitrogens with one attached hydrogen (secondary N) is 1. The van der Waals surface area contributed by atoms with Crippen molar-refractivity contribution in [2.24, 2.45) is 5.92 Å². The normalized spacial score (nSPS) is 13.3. The maximum Gasteiger partial charge on any atom is 0.339 e. The smallest absolute Gasteiger partial charge is 0.339 e. The van der Waals surface area contributed by atoms with Gasteiger partial charge in [-0.05, 0) is 31.0 Å². The quantitative estimate of drug-likeness (QED) is 0.846. The van der Waals surface area contributed by atoms with Crippen molar-refractivity contribution in [3.05, 3.63) is 28.8 Å². The highest BCUT2D eigenvalue weighted by Gasteiger charge is 2.22. The Kier molecular flexibility index (Phi) is 5.56. The zero-order valence-corrected chi connectivity index (χ0v) is 13.4. The Balaban J connectivity index is 3.17. The zero-order valence-electron chi connectivity index (χ0n) is 11.8. The van der Waals surface area contributed by atoms with Gasteiger partial charge in [-0.1, -0.05) is 25.4 Å². The number of rotatable bonds is 5. The molecule has 0 saturated carbocycles. The van der Waals surface area contributed by atoms with Crippen LogP contribution in [0.1, 0.15) is 31.1 Å². The van der Waals surface area contributed by atoms with Crippen molar-refractivity contribution in [2.75, 3.05) is 7.11 Å². The Morgan fingerprint density at radius 3 is 2.40 bits per heavy atom. The van der Waals surface area contributed by atoms with Gasteiger partial charge in [-0.15, -0.1) is 0 Å². The van der Waals surface area contributed by atoms with Crippen LogP contribution in [0.2, 0.25) is 5.02 Å². The first-order valence-corrected chi connectivity index (χ1v) is 7.95. The molecule has 1 N–H and O–H groups in total. The van der Waals surface area contributed by atoms with E-state index in [-0.39, 0.29) is 27.4 Å². The second-order valence-electron chi connectivity index (χ2n) is 4.79. The molecule has 1 atom stereocenters. The minimum absolute atomic E-state index is 0.0187. The van der Waals surface area contributed by atoms with Crippen molar-refractivity contribution in [3.8, 4) is 0 Å². The maximum absolute atomic E-state index is 12.2. The molecular weight excluding hydrogens is 302 g/mol. The molecule has 0 unspecified atom stereocenters. The van der Waals surface area contributed by atoms with E-state index in [1.54, 1.807) is 6.92 Å². The molecule has 0 spiro atoms. The van der Waals surface area contributed by atoms with Crippen molar-refractivity contribution in [3.63, 3.8) is 0 Å². The van der Waals surface area contributed by atoms with Crippen LogP contribution in [0.3, 0.4) is 0 Å². The molecule has 0 aromatic heterocycles. The Hall–Kier alpha value is -1.11. The Bertz CT molecular complexity index is 598. The average Bonchev–Trinajstić information content (AvgIpc) is 2.37. The molecule has 1 aromatic rings. The predicted octanol–water partition coefficient (Wildman–Crippen LogP) is 2.45. The number of carbonyl (C=O) groups excluding carboxylic acids is 1. The molecule has 0 bridgehead atoms. The third-order valence-corrected chi connectivity index (χ3v) is 4.88. The molecular formula is C13H18ClNO4S. The number of halogens is 1. The van der Waals surface area contributed by atoms with Crippen molar-refractivity contribution < 1.29 is 17.9 Å². The molecule has 0 amide bonds. The summed E-state index contributed by atoms with van der Waals surface area (Å²) in [5.74, 6) is -0.527. The monoisotopic (exact) mass is 319 g/mol. The zero-order chi connectivity index (χ0) is 15.5. The van der Waals surface area contributed by atoms with Crippen LogP contribution in [-0.4, -0.2) is 27.5 Å². The molecule has 20 heavy (non-hydrogen) atoms. The van der Waals surface area contributed by atoms with Gasteiger partial charge in [0.2, 0.25) is 10.0 Å². The first-order valence-electron chi connectivity index (χ1n) is 6.09. The topological polar surface area (TPSA) is 72.5 Å². The molecule has 0 aliphatic heterocycles. The van der Waals surface area contributed by atoms with Crippen molar-refractivity contribution in [1.29, 1.82) is 0 Å². The van der Waals surface area contributed by atoms with E-state index in [0.29, 0.717) is 0 Å². The predicted molar refractivity (Wildman–Crippen MR) is 77.4 cm³/mol. The van der Waals surface area contributed by atoms with E-state index < -0.39 is 16.0 Å². The highest BCUT2D eigenvalue weighted by Crippen LogP contribution is 2.21. The minimum atomic E-state index is -3.70. The van der Waals surface area contributed by atoms with Gasteiger partial charge in [-0.3, -0.25) is 0 Å². The molecule has 0 aliphatic rings. The van der Waals surface area contributed by atoms with Gasteiger partial charge in [-0.25, -0.2) is 17.9 Å². The van der Waals surface area contributed by atoms with Crippen LogP contribution in [-0.2, 0) is 14.8 Å². The van der Waals surface area contributed by atoms with Crippen LogP contribution in [0, 0.1) is 5.92 Å². The van der Waals surface area contributed by atoms with Gasteiger partial charge in [0.25, 0.3) is 0 Å². The summed E-state index contributed by atoms with van der Waals surface area (Å²) in [4.78, 5) is 11.5. The minimum Gasteiger partial charge on any atom is -0.465 e. The van der Waals surface area contributed by atoms with Crippen molar-refractivity contribution in [2.45, 2.75) is 31.7 Å². The van der Waals surface area contributed by atoms with Gasteiger partial charge >= 0.3 is 5.97 Å². The summed E-state index contributed by atoms with van der Waals surface area (Å²) in [7, 11) is -2.49. The standard InChI is InChI=1S/C13H18ClNO4S/c1-8(2)9(3)15-20(17,18)10-5-6-12(14)11(7-10)13(16)19-4/h5-9,15H,1-4H3/t9-/m1/s1. The molecule has 7 heteroatoms. The van der Waals surface area contributed by atoms with Crippen LogP contribution in [0.25, 0.3) is 0 Å². The number of sulfonamides is 1. The molecule has 0 aliphatic carbocycles. The summed E-state index contributed by atoms with van der Waals surface area (Å²) >= 11 is 5.86. The van der Waals surface area contributed by atoms with Crippen LogP contribution in [0.4, 0.5) is 0 Å². The number of methoxy groups -OCH3 is 1. The lowest BCUT2D eigenvalue weighted by Crippen LogP contribution is -2.36. The van der Waals surface area contributed by atoms with Crippen LogP contribution in [0.5, 0.6) is 0 Å². The molecule has 5 nitrogen and oxygen atoms in total. The van der Waals surface area contributed by atoms with E-state index in [0.717, 1.165) is 0 Å². The molecule has 0 fully saturated rings. The summed E-state index contributed by atoms with van der Waals surface area (Å²) in [6, 6.07) is 3.70. The van der Waals surface area contributed by atoms with E-state index in [9.17, 15) is 13.2 Å². The van der Waals surface area contributed by atoms with E-state index in [1.165, 1.54) is 25.3 Å². The first kappa shape index (κ1) is 16.9. The summed E-state index contributed by atoms with van der Waals surface area (Å²) < 4.78 is 31.5. The molecule has 0 heterocycles. The molecule has 1 rings (SSSR count). The second kappa shape index (κ2) is 6.56. The van der Waals surface area contributed by atoms with Gasteiger partial charge in [0.15, 0.2) is 0 Å². The third-order valence-electron chi connectivity index (χ3n) is 2.99. The first-order chi connectivity index (χ1) is 9.19. The highest BCUT2D eigenvalue weighted by atomic mass is 35.5. The fourth-order valence-corrected chi connectivity index (χ4v) is 3.00. The Labute approximate surface area is 124 Å². The van der Waals surface area contributed by atoms with Gasteiger partial charge in [0.05, 0.1) is 22.6 Å². The fourth-order valence-electron chi connectivity index (χ4n) is 1.39. The molecule has 0 radical (unpaired) electrons. The van der Waals surface area contributed by atoms with Crippen LogP contribution < -0.4 is 4.72 Å².